The number of aryl methyl sites for hydroxylation is 1. The van der Waals surface area contributed by atoms with Gasteiger partial charge in [-0.1, -0.05) is 13.3 Å². The molecule has 2 rings (SSSR count). The molecule has 1 aliphatic carbocycles. The molecule has 1 aliphatic rings. The highest BCUT2D eigenvalue weighted by Gasteiger charge is 2.24. The van der Waals surface area contributed by atoms with Crippen LogP contribution in [0.2, 0.25) is 0 Å². The van der Waals surface area contributed by atoms with Crippen LogP contribution in [0.1, 0.15) is 57.0 Å². The van der Waals surface area contributed by atoms with Crippen LogP contribution < -0.4 is 10.6 Å². The van der Waals surface area contributed by atoms with Crippen LogP contribution in [0.4, 0.5) is 9.93 Å². The number of aromatic nitrogens is 1. The lowest BCUT2D eigenvalue weighted by atomic mass is 9.89. The van der Waals surface area contributed by atoms with Gasteiger partial charge in [-0.15, -0.1) is 11.3 Å². The highest BCUT2D eigenvalue weighted by molar-refractivity contribution is 7.15. The minimum atomic E-state index is -0.863. The first-order chi connectivity index (χ1) is 10.8. The van der Waals surface area contributed by atoms with Crippen LogP contribution in [0.5, 0.6) is 0 Å². The maximum absolute atomic E-state index is 12.1. The van der Waals surface area contributed by atoms with Crippen molar-refractivity contribution in [2.45, 2.75) is 64.8 Å². The molecule has 3 N–H and O–H groups in total. The molecule has 2 amide bonds. The van der Waals surface area contributed by atoms with Crippen molar-refractivity contribution < 1.29 is 14.7 Å². The Kier molecular flexibility index (Phi) is 5.62. The third-order valence-electron chi connectivity index (χ3n) is 4.26. The minimum Gasteiger partial charge on any atom is -0.481 e. The molecule has 0 bridgehead atoms. The Hall–Kier alpha value is -1.63. The number of urea groups is 1. The van der Waals surface area contributed by atoms with Crippen LogP contribution in [0.3, 0.4) is 0 Å². The summed E-state index contributed by atoms with van der Waals surface area (Å²) in [6.07, 6.45) is 4.79. The van der Waals surface area contributed by atoms with E-state index in [9.17, 15) is 9.59 Å². The molecule has 23 heavy (non-hydrogen) atoms. The number of carbonyl (C=O) groups is 2. The van der Waals surface area contributed by atoms with E-state index in [1.54, 1.807) is 11.3 Å². The Balaban J connectivity index is 1.91. The normalized spacial score (nSPS) is 17.4. The van der Waals surface area contributed by atoms with Crippen LogP contribution in [0.15, 0.2) is 0 Å². The third-order valence-corrected chi connectivity index (χ3v) is 5.29. The van der Waals surface area contributed by atoms with Gasteiger partial charge in [-0.2, -0.15) is 0 Å². The largest absolute Gasteiger partial charge is 0.481 e. The molecule has 0 saturated carbocycles. The van der Waals surface area contributed by atoms with Crippen molar-refractivity contribution in [1.82, 2.24) is 10.3 Å². The van der Waals surface area contributed by atoms with Crippen molar-refractivity contribution in [3.05, 3.63) is 10.6 Å². The molecule has 7 heteroatoms. The van der Waals surface area contributed by atoms with Crippen molar-refractivity contribution in [2.24, 2.45) is 5.92 Å². The van der Waals surface area contributed by atoms with Crippen molar-refractivity contribution in [3.8, 4) is 0 Å². The summed E-state index contributed by atoms with van der Waals surface area (Å²) in [6.45, 7) is 5.84. The van der Waals surface area contributed by atoms with E-state index in [0.29, 0.717) is 11.6 Å². The SMILES string of the molecule is CCC1CCc2nc(NC(=O)NC(C)(C)CCC(=O)O)sc2C1. The van der Waals surface area contributed by atoms with Gasteiger partial charge in [-0.25, -0.2) is 9.78 Å². The molecule has 1 aromatic rings. The fraction of sp³-hybridized carbons (Fsp3) is 0.688. The fourth-order valence-corrected chi connectivity index (χ4v) is 3.88. The molecule has 0 aromatic carbocycles. The average molecular weight is 339 g/mol. The standard InChI is InChI=1S/C16H25N3O3S/c1-4-10-5-6-11-12(9-10)23-15(17-11)18-14(22)19-16(2,3)8-7-13(20)21/h10H,4-9H2,1-3H3,(H,20,21)(H2,17,18,19,22). The lowest BCUT2D eigenvalue weighted by Gasteiger charge is -2.25. The second kappa shape index (κ2) is 7.29. The van der Waals surface area contributed by atoms with E-state index < -0.39 is 11.5 Å². The van der Waals surface area contributed by atoms with E-state index in [-0.39, 0.29) is 12.5 Å². The van der Waals surface area contributed by atoms with E-state index in [2.05, 4.69) is 22.5 Å². The van der Waals surface area contributed by atoms with Gasteiger partial charge in [0, 0.05) is 16.8 Å². The number of anilines is 1. The van der Waals surface area contributed by atoms with Gasteiger partial charge >= 0.3 is 12.0 Å². The van der Waals surface area contributed by atoms with E-state index >= 15 is 0 Å². The first-order valence-corrected chi connectivity index (χ1v) is 8.90. The molecule has 0 aliphatic heterocycles. The summed E-state index contributed by atoms with van der Waals surface area (Å²) < 4.78 is 0. The Morgan fingerprint density at radius 1 is 1.43 bits per heavy atom. The van der Waals surface area contributed by atoms with Crippen molar-refractivity contribution in [1.29, 1.82) is 0 Å². The monoisotopic (exact) mass is 339 g/mol. The third kappa shape index (κ3) is 5.20. The lowest BCUT2D eigenvalue weighted by molar-refractivity contribution is -0.137. The zero-order chi connectivity index (χ0) is 17.0. The summed E-state index contributed by atoms with van der Waals surface area (Å²) in [6, 6.07) is -0.335. The molecule has 0 radical (unpaired) electrons. The number of hydrogen-bond acceptors (Lipinski definition) is 4. The van der Waals surface area contributed by atoms with Crippen LogP contribution >= 0.6 is 11.3 Å². The highest BCUT2D eigenvalue weighted by atomic mass is 32.1. The maximum Gasteiger partial charge on any atom is 0.321 e. The number of nitrogens with one attached hydrogen (secondary N) is 2. The summed E-state index contributed by atoms with van der Waals surface area (Å²) in [4.78, 5) is 28.6. The molecule has 0 spiro atoms. The predicted molar refractivity (Wildman–Crippen MR) is 91.0 cm³/mol. The number of carboxylic acid groups (broad SMARTS) is 1. The van der Waals surface area contributed by atoms with Crippen molar-refractivity contribution in [2.75, 3.05) is 5.32 Å². The lowest BCUT2D eigenvalue weighted by Crippen LogP contribution is -2.45. The van der Waals surface area contributed by atoms with Gasteiger partial charge in [-0.05, 0) is 45.4 Å². The highest BCUT2D eigenvalue weighted by Crippen LogP contribution is 2.33. The molecule has 1 aromatic heterocycles. The van der Waals surface area contributed by atoms with E-state index in [0.717, 1.165) is 24.5 Å². The number of nitrogens with zero attached hydrogens (tertiary/aromatic N) is 1. The molecule has 1 atom stereocenters. The molecular weight excluding hydrogens is 314 g/mol. The Morgan fingerprint density at radius 3 is 2.83 bits per heavy atom. The smallest absolute Gasteiger partial charge is 0.321 e. The summed E-state index contributed by atoms with van der Waals surface area (Å²) in [5.41, 5.74) is 0.535. The zero-order valence-corrected chi connectivity index (χ0v) is 14.8. The summed E-state index contributed by atoms with van der Waals surface area (Å²) in [5.74, 6) is -0.141. The number of hydrogen-bond donors (Lipinski definition) is 3. The molecule has 0 saturated heterocycles. The quantitative estimate of drug-likeness (QED) is 0.740. The predicted octanol–water partition coefficient (Wildman–Crippen LogP) is 3.42. The van der Waals surface area contributed by atoms with E-state index in [1.165, 1.54) is 17.7 Å². The first-order valence-electron chi connectivity index (χ1n) is 8.08. The summed E-state index contributed by atoms with van der Waals surface area (Å²) in [5, 5.41) is 15.0. The number of thiazole rings is 1. The van der Waals surface area contributed by atoms with E-state index in [1.807, 2.05) is 13.8 Å². The number of amides is 2. The van der Waals surface area contributed by atoms with Crippen molar-refractivity contribution >= 4 is 28.5 Å². The molecular formula is C16H25N3O3S. The molecule has 0 fully saturated rings. The minimum absolute atomic E-state index is 0.0250. The number of aliphatic carboxylic acids is 1. The van der Waals surface area contributed by atoms with Gasteiger partial charge < -0.3 is 10.4 Å². The summed E-state index contributed by atoms with van der Waals surface area (Å²) in [7, 11) is 0. The van der Waals surface area contributed by atoms with Gasteiger partial charge in [0.25, 0.3) is 0 Å². The van der Waals surface area contributed by atoms with Gasteiger partial charge in [-0.3, -0.25) is 10.1 Å². The number of fused-ring (bicyclic) bond motifs is 1. The summed E-state index contributed by atoms with van der Waals surface area (Å²) >= 11 is 1.55. The van der Waals surface area contributed by atoms with Crippen LogP contribution in [0.25, 0.3) is 0 Å². The van der Waals surface area contributed by atoms with Gasteiger partial charge in [0.2, 0.25) is 0 Å². The fourth-order valence-electron chi connectivity index (χ4n) is 2.76. The second-order valence-corrected chi connectivity index (χ2v) is 7.85. The second-order valence-electron chi connectivity index (χ2n) is 6.76. The Labute approximate surface area is 140 Å². The number of carboxylic acids is 1. The van der Waals surface area contributed by atoms with Crippen molar-refractivity contribution in [3.63, 3.8) is 0 Å². The Morgan fingerprint density at radius 2 is 2.17 bits per heavy atom. The molecule has 128 valence electrons. The van der Waals surface area contributed by atoms with Gasteiger partial charge in [0.15, 0.2) is 5.13 Å². The van der Waals surface area contributed by atoms with Crippen LogP contribution in [0, 0.1) is 5.92 Å². The number of rotatable bonds is 6. The molecule has 6 nitrogen and oxygen atoms in total. The average Bonchev–Trinajstić information content (AvgIpc) is 2.85. The molecule has 1 heterocycles. The van der Waals surface area contributed by atoms with Gasteiger partial charge in [0.05, 0.1) is 5.69 Å². The van der Waals surface area contributed by atoms with Crippen LogP contribution in [-0.2, 0) is 17.6 Å². The topological polar surface area (TPSA) is 91.3 Å². The molecule has 1 unspecified atom stereocenters. The Bertz CT molecular complexity index is 583. The van der Waals surface area contributed by atoms with Crippen LogP contribution in [-0.4, -0.2) is 27.6 Å². The zero-order valence-electron chi connectivity index (χ0n) is 13.9. The van der Waals surface area contributed by atoms with E-state index in [4.69, 9.17) is 5.11 Å². The maximum atomic E-state index is 12.1. The van der Waals surface area contributed by atoms with Gasteiger partial charge in [0.1, 0.15) is 0 Å². The first kappa shape index (κ1) is 17.7. The number of carbonyl (C=O) groups excluding carboxylic acids is 1.